The molecule has 0 unspecified atom stereocenters. The lowest BCUT2D eigenvalue weighted by atomic mass is 9.98. The number of carboxylic acid groups (broad SMARTS) is 2. The second-order valence-electron chi connectivity index (χ2n) is 5.46. The number of hydrogen-bond acceptors (Lipinski definition) is 6. The third-order valence-corrected chi connectivity index (χ3v) is 2.74. The van der Waals surface area contributed by atoms with Crippen LogP contribution in [0.4, 0.5) is 0 Å². The van der Waals surface area contributed by atoms with Gasteiger partial charge in [0, 0.05) is 0 Å². The molecule has 0 aromatic heterocycles. The molecule has 0 saturated heterocycles. The number of rotatable bonds is 6. The third kappa shape index (κ3) is 4.55. The molecule has 0 aliphatic heterocycles. The molecule has 0 spiro atoms. The highest BCUT2D eigenvalue weighted by molar-refractivity contribution is 6.09. The van der Waals surface area contributed by atoms with Crippen LogP contribution in [0.15, 0.2) is 12.1 Å². The van der Waals surface area contributed by atoms with Crippen LogP contribution in [-0.4, -0.2) is 46.3 Å². The first kappa shape index (κ1) is 19.1. The van der Waals surface area contributed by atoms with Crippen LogP contribution in [0, 0.1) is 0 Å². The lowest BCUT2D eigenvalue weighted by Crippen LogP contribution is -2.21. The van der Waals surface area contributed by atoms with E-state index < -0.39 is 58.3 Å². The van der Waals surface area contributed by atoms with Crippen LogP contribution in [0.25, 0.3) is 0 Å². The van der Waals surface area contributed by atoms with Crippen LogP contribution in [0.1, 0.15) is 69.1 Å². The number of aromatic carboxylic acids is 2. The fraction of sp³-hybridized carbons (Fsp3) is 0.375. The molecule has 0 aliphatic carbocycles. The van der Waals surface area contributed by atoms with Gasteiger partial charge in [-0.15, -0.1) is 0 Å². The van der Waals surface area contributed by atoms with E-state index in [-0.39, 0.29) is 0 Å². The summed E-state index contributed by atoms with van der Waals surface area (Å²) < 4.78 is 9.83. The van der Waals surface area contributed by atoms with Crippen LogP contribution in [0.5, 0.6) is 0 Å². The molecule has 1 aromatic carbocycles. The minimum absolute atomic E-state index is 0.449. The summed E-state index contributed by atoms with van der Waals surface area (Å²) in [4.78, 5) is 46.8. The van der Waals surface area contributed by atoms with E-state index in [4.69, 9.17) is 9.47 Å². The van der Waals surface area contributed by atoms with Gasteiger partial charge in [-0.3, -0.25) is 0 Å². The first-order valence-corrected chi connectivity index (χ1v) is 7.11. The van der Waals surface area contributed by atoms with Gasteiger partial charge < -0.3 is 19.7 Å². The normalized spacial score (nSPS) is 10.6. The molecule has 24 heavy (non-hydrogen) atoms. The van der Waals surface area contributed by atoms with Crippen LogP contribution in [0.3, 0.4) is 0 Å². The molecule has 2 N–H and O–H groups in total. The molecule has 1 rings (SSSR count). The van der Waals surface area contributed by atoms with Crippen molar-refractivity contribution in [2.24, 2.45) is 0 Å². The van der Waals surface area contributed by atoms with Crippen LogP contribution < -0.4 is 0 Å². The van der Waals surface area contributed by atoms with E-state index in [0.717, 1.165) is 12.1 Å². The summed E-state index contributed by atoms with van der Waals surface area (Å²) >= 11 is 0. The van der Waals surface area contributed by atoms with Crippen molar-refractivity contribution in [3.05, 3.63) is 34.4 Å². The Labute approximate surface area is 138 Å². The Bertz CT molecular complexity index is 628. The van der Waals surface area contributed by atoms with Gasteiger partial charge in [0.2, 0.25) is 0 Å². The molecule has 8 nitrogen and oxygen atoms in total. The standard InChI is InChI=1S/C16H18O8/c1-7(2)23-15(21)11-5-10(14(19)20)12(6-9(11)13(17)18)16(22)24-8(3)4/h5-8H,1-4H3,(H,17,18)(H,19,20). The van der Waals surface area contributed by atoms with Gasteiger partial charge in [0.15, 0.2) is 0 Å². The number of ether oxygens (including phenoxy) is 2. The molecule has 0 saturated carbocycles. The van der Waals surface area contributed by atoms with E-state index in [1.807, 2.05) is 0 Å². The summed E-state index contributed by atoms with van der Waals surface area (Å²) in [6.07, 6.45) is -1.06. The summed E-state index contributed by atoms with van der Waals surface area (Å²) in [5.74, 6) is -4.98. The van der Waals surface area contributed by atoms with Crippen LogP contribution in [-0.2, 0) is 9.47 Å². The highest BCUT2D eigenvalue weighted by Gasteiger charge is 2.27. The fourth-order valence-corrected chi connectivity index (χ4v) is 1.85. The largest absolute Gasteiger partial charge is 0.478 e. The second-order valence-corrected chi connectivity index (χ2v) is 5.46. The number of hydrogen-bond donors (Lipinski definition) is 2. The van der Waals surface area contributed by atoms with Crippen molar-refractivity contribution in [2.45, 2.75) is 39.9 Å². The van der Waals surface area contributed by atoms with Gasteiger partial charge in [0.1, 0.15) is 0 Å². The van der Waals surface area contributed by atoms with E-state index in [1.54, 1.807) is 27.7 Å². The predicted molar refractivity (Wildman–Crippen MR) is 81.5 cm³/mol. The molecular formula is C16H18O8. The SMILES string of the molecule is CC(C)OC(=O)c1cc(C(=O)O)c(C(=O)OC(C)C)cc1C(=O)O. The number of esters is 2. The summed E-state index contributed by atoms with van der Waals surface area (Å²) in [5.41, 5.74) is -1.98. The van der Waals surface area contributed by atoms with Crippen LogP contribution >= 0.6 is 0 Å². The van der Waals surface area contributed by atoms with Gasteiger partial charge in [-0.25, -0.2) is 19.2 Å². The maximum Gasteiger partial charge on any atom is 0.339 e. The smallest absolute Gasteiger partial charge is 0.339 e. The molecule has 0 atom stereocenters. The summed E-state index contributed by atoms with van der Waals surface area (Å²) in [6.45, 7) is 6.24. The van der Waals surface area contributed by atoms with E-state index in [2.05, 4.69) is 0 Å². The zero-order chi connectivity index (χ0) is 18.6. The van der Waals surface area contributed by atoms with E-state index in [0.29, 0.717) is 0 Å². The van der Waals surface area contributed by atoms with Gasteiger partial charge in [0.25, 0.3) is 0 Å². The van der Waals surface area contributed by atoms with Crippen LogP contribution in [0.2, 0.25) is 0 Å². The lowest BCUT2D eigenvalue weighted by molar-refractivity contribution is 0.0355. The summed E-state index contributed by atoms with van der Waals surface area (Å²) in [7, 11) is 0. The van der Waals surface area contributed by atoms with Crippen molar-refractivity contribution < 1.29 is 38.9 Å². The Morgan fingerprint density at radius 3 is 1.21 bits per heavy atom. The van der Waals surface area contributed by atoms with Crippen molar-refractivity contribution in [2.75, 3.05) is 0 Å². The first-order chi connectivity index (χ1) is 11.0. The molecule has 0 bridgehead atoms. The van der Waals surface area contributed by atoms with Gasteiger partial charge in [-0.1, -0.05) is 0 Å². The minimum atomic E-state index is -1.50. The Balaban J connectivity index is 3.55. The Hall–Kier alpha value is -2.90. The van der Waals surface area contributed by atoms with E-state index in [1.165, 1.54) is 0 Å². The Morgan fingerprint density at radius 2 is 1.00 bits per heavy atom. The minimum Gasteiger partial charge on any atom is -0.478 e. The fourth-order valence-electron chi connectivity index (χ4n) is 1.85. The molecule has 0 amide bonds. The van der Waals surface area contributed by atoms with E-state index in [9.17, 15) is 29.4 Å². The van der Waals surface area contributed by atoms with Gasteiger partial charge >= 0.3 is 23.9 Å². The van der Waals surface area contributed by atoms with Gasteiger partial charge in [-0.05, 0) is 39.8 Å². The zero-order valence-corrected chi connectivity index (χ0v) is 13.7. The Kier molecular flexibility index (Phi) is 6.05. The average Bonchev–Trinajstić information content (AvgIpc) is 2.43. The molecule has 0 fully saturated rings. The van der Waals surface area contributed by atoms with Crippen molar-refractivity contribution in [1.82, 2.24) is 0 Å². The number of carbonyl (C=O) groups is 4. The third-order valence-electron chi connectivity index (χ3n) is 2.74. The molecule has 0 heterocycles. The number of benzene rings is 1. The topological polar surface area (TPSA) is 127 Å². The van der Waals surface area contributed by atoms with Crippen molar-refractivity contribution in [3.63, 3.8) is 0 Å². The molecule has 130 valence electrons. The average molecular weight is 338 g/mol. The highest BCUT2D eigenvalue weighted by Crippen LogP contribution is 2.21. The second kappa shape index (κ2) is 7.58. The van der Waals surface area contributed by atoms with Crippen molar-refractivity contribution >= 4 is 23.9 Å². The number of carboxylic acids is 2. The molecular weight excluding hydrogens is 320 g/mol. The number of carbonyl (C=O) groups excluding carboxylic acids is 2. The quantitative estimate of drug-likeness (QED) is 0.756. The predicted octanol–water partition coefficient (Wildman–Crippen LogP) is 2.21. The van der Waals surface area contributed by atoms with Gasteiger partial charge in [0.05, 0.1) is 34.5 Å². The van der Waals surface area contributed by atoms with E-state index >= 15 is 0 Å². The van der Waals surface area contributed by atoms with Gasteiger partial charge in [-0.2, -0.15) is 0 Å². The zero-order valence-electron chi connectivity index (χ0n) is 13.7. The molecule has 0 aliphatic rings. The van der Waals surface area contributed by atoms with Crippen molar-refractivity contribution in [1.29, 1.82) is 0 Å². The summed E-state index contributed by atoms with van der Waals surface area (Å²) in [6, 6.07) is 1.63. The monoisotopic (exact) mass is 338 g/mol. The maximum absolute atomic E-state index is 12.0. The molecule has 8 heteroatoms. The Morgan fingerprint density at radius 1 is 0.708 bits per heavy atom. The maximum atomic E-state index is 12.0. The van der Waals surface area contributed by atoms with Crippen molar-refractivity contribution in [3.8, 4) is 0 Å². The summed E-state index contributed by atoms with van der Waals surface area (Å²) in [5, 5.41) is 18.5. The highest BCUT2D eigenvalue weighted by atomic mass is 16.5. The molecule has 1 aromatic rings. The molecule has 0 radical (unpaired) electrons. The lowest BCUT2D eigenvalue weighted by Gasteiger charge is -2.14. The first-order valence-electron chi connectivity index (χ1n) is 7.11.